The first-order valence-corrected chi connectivity index (χ1v) is 9.08. The molecule has 128 valence electrons. The second-order valence-corrected chi connectivity index (χ2v) is 6.94. The van der Waals surface area contributed by atoms with Crippen LogP contribution in [0.2, 0.25) is 0 Å². The maximum absolute atomic E-state index is 12.9. The van der Waals surface area contributed by atoms with E-state index in [0.717, 1.165) is 5.56 Å². The molecule has 0 bridgehead atoms. The summed E-state index contributed by atoms with van der Waals surface area (Å²) in [6.07, 6.45) is -1.63. The van der Waals surface area contributed by atoms with Gasteiger partial charge in [-0.3, -0.25) is 4.52 Å². The number of ether oxygens (including phenoxy) is 1. The van der Waals surface area contributed by atoms with Gasteiger partial charge in [-0.05, 0) is 24.6 Å². The minimum Gasteiger partial charge on any atom is -0.479 e. The molecule has 0 heterocycles. The van der Waals surface area contributed by atoms with E-state index in [1.807, 2.05) is 30.3 Å². The summed E-state index contributed by atoms with van der Waals surface area (Å²) in [5.41, 5.74) is 0.898. The molecule has 1 N–H and O–H groups in total. The molecule has 0 fully saturated rings. The summed E-state index contributed by atoms with van der Waals surface area (Å²) in [5, 5.41) is 8.97. The van der Waals surface area contributed by atoms with Gasteiger partial charge in [0.25, 0.3) is 0 Å². The Bertz CT molecular complexity index is 689. The van der Waals surface area contributed by atoms with E-state index in [-0.39, 0.29) is 13.0 Å². The summed E-state index contributed by atoms with van der Waals surface area (Å²) >= 11 is 0. The van der Waals surface area contributed by atoms with Crippen molar-refractivity contribution in [1.82, 2.24) is 0 Å². The highest BCUT2D eigenvalue weighted by atomic mass is 31.2. The molecule has 0 radical (unpaired) electrons. The number of aliphatic carboxylic acids is 1. The molecule has 2 aromatic carbocycles. The molecular weight excluding hydrogens is 331 g/mol. The van der Waals surface area contributed by atoms with E-state index in [2.05, 4.69) is 0 Å². The van der Waals surface area contributed by atoms with Crippen LogP contribution in [0.4, 0.5) is 0 Å². The maximum atomic E-state index is 12.9. The van der Waals surface area contributed by atoms with Gasteiger partial charge in [-0.25, -0.2) is 9.36 Å². The zero-order valence-electron chi connectivity index (χ0n) is 13.2. The fraction of sp³-hybridized carbons (Fsp3) is 0.235. The lowest BCUT2D eigenvalue weighted by molar-refractivity contribution is -0.144. The van der Waals surface area contributed by atoms with Crippen molar-refractivity contribution in [2.45, 2.75) is 19.6 Å². The Morgan fingerprint density at radius 2 is 1.67 bits per heavy atom. The van der Waals surface area contributed by atoms with Crippen LogP contribution in [0.3, 0.4) is 0 Å². The Hall–Kier alpha value is -2.14. The first-order valence-electron chi connectivity index (χ1n) is 7.35. The third-order valence-electron chi connectivity index (χ3n) is 3.02. The monoisotopic (exact) mass is 350 g/mol. The number of hydrogen-bond acceptors (Lipinski definition) is 5. The number of benzene rings is 2. The third kappa shape index (κ3) is 5.81. The highest BCUT2D eigenvalue weighted by Gasteiger charge is 2.32. The number of hydrogen-bond donors (Lipinski definition) is 1. The summed E-state index contributed by atoms with van der Waals surface area (Å²) in [7, 11) is -3.79. The van der Waals surface area contributed by atoms with Crippen molar-refractivity contribution in [2.24, 2.45) is 0 Å². The predicted octanol–water partition coefficient (Wildman–Crippen LogP) is 3.92. The number of carboxylic acid groups (broad SMARTS) is 1. The van der Waals surface area contributed by atoms with Crippen molar-refractivity contribution in [3.8, 4) is 5.75 Å². The van der Waals surface area contributed by atoms with Gasteiger partial charge >= 0.3 is 13.6 Å². The highest BCUT2D eigenvalue weighted by molar-refractivity contribution is 7.54. The third-order valence-corrected chi connectivity index (χ3v) is 4.64. The second-order valence-electron chi connectivity index (χ2n) is 5.06. The Morgan fingerprint density at radius 1 is 1.08 bits per heavy atom. The van der Waals surface area contributed by atoms with E-state index >= 15 is 0 Å². The van der Waals surface area contributed by atoms with E-state index < -0.39 is 19.7 Å². The lowest BCUT2D eigenvalue weighted by atomic mass is 10.2. The van der Waals surface area contributed by atoms with Crippen LogP contribution in [0.15, 0.2) is 60.7 Å². The molecule has 2 atom stereocenters. The Labute approximate surface area is 140 Å². The van der Waals surface area contributed by atoms with Gasteiger partial charge in [0, 0.05) is 0 Å². The van der Waals surface area contributed by atoms with Crippen molar-refractivity contribution in [3.05, 3.63) is 66.2 Å². The lowest BCUT2D eigenvalue weighted by Crippen LogP contribution is -2.21. The average Bonchev–Trinajstić information content (AvgIpc) is 2.56. The molecule has 0 saturated heterocycles. The summed E-state index contributed by atoms with van der Waals surface area (Å²) in [6, 6.07) is 17.8. The van der Waals surface area contributed by atoms with Crippen LogP contribution in [0.5, 0.6) is 5.75 Å². The molecule has 0 aliphatic carbocycles. The molecule has 0 saturated carbocycles. The van der Waals surface area contributed by atoms with Crippen LogP contribution in [0, 0.1) is 0 Å². The molecule has 0 amide bonds. The van der Waals surface area contributed by atoms with E-state index in [1.54, 1.807) is 30.3 Å². The van der Waals surface area contributed by atoms with E-state index in [4.69, 9.17) is 18.9 Å². The van der Waals surface area contributed by atoms with Gasteiger partial charge in [-0.2, -0.15) is 0 Å². The van der Waals surface area contributed by atoms with Crippen LogP contribution in [-0.4, -0.2) is 23.5 Å². The van der Waals surface area contributed by atoms with E-state index in [0.29, 0.717) is 5.75 Å². The molecule has 0 aliphatic heterocycles. The van der Waals surface area contributed by atoms with Crippen molar-refractivity contribution in [3.63, 3.8) is 0 Å². The number of carbonyl (C=O) groups is 1. The van der Waals surface area contributed by atoms with Crippen molar-refractivity contribution in [1.29, 1.82) is 0 Å². The van der Waals surface area contributed by atoms with Gasteiger partial charge in [-0.15, -0.1) is 0 Å². The molecule has 6 nitrogen and oxygen atoms in total. The van der Waals surface area contributed by atoms with E-state index in [9.17, 15) is 9.36 Å². The van der Waals surface area contributed by atoms with Gasteiger partial charge < -0.3 is 14.4 Å². The normalized spacial score (nSPS) is 14.5. The second kappa shape index (κ2) is 8.64. The summed E-state index contributed by atoms with van der Waals surface area (Å²) < 4.78 is 28.8. The van der Waals surface area contributed by atoms with Gasteiger partial charge in [0.1, 0.15) is 5.75 Å². The van der Waals surface area contributed by atoms with Crippen LogP contribution >= 0.6 is 7.60 Å². The SMILES string of the molecule is CC(OP(=O)(COCc1ccccc1)Oc1ccccc1)C(=O)O. The Kier molecular flexibility index (Phi) is 6.55. The number of para-hydroxylation sites is 1. The molecular formula is C17H19O6P. The molecule has 2 aromatic rings. The minimum atomic E-state index is -3.79. The number of carboxylic acids is 1. The summed E-state index contributed by atoms with van der Waals surface area (Å²) in [6.45, 7) is 1.51. The topological polar surface area (TPSA) is 82.1 Å². The van der Waals surface area contributed by atoms with Crippen molar-refractivity contribution < 1.29 is 28.3 Å². The molecule has 24 heavy (non-hydrogen) atoms. The van der Waals surface area contributed by atoms with Crippen LogP contribution < -0.4 is 4.52 Å². The fourth-order valence-corrected chi connectivity index (χ4v) is 3.34. The molecule has 0 spiro atoms. The maximum Gasteiger partial charge on any atom is 0.405 e. The zero-order chi connectivity index (χ0) is 17.4. The van der Waals surface area contributed by atoms with E-state index in [1.165, 1.54) is 6.92 Å². The Balaban J connectivity index is 2.04. The van der Waals surface area contributed by atoms with Gasteiger partial charge in [0.15, 0.2) is 12.5 Å². The minimum absolute atomic E-state index is 0.216. The standard InChI is InChI=1S/C17H19O6P/c1-14(17(18)19)22-24(20,23-16-10-6-3-7-11-16)13-21-12-15-8-4-2-5-9-15/h2-11,14H,12-13H2,1H3,(H,18,19). The van der Waals surface area contributed by atoms with Crippen LogP contribution in [0.25, 0.3) is 0 Å². The van der Waals surface area contributed by atoms with Gasteiger partial charge in [0.05, 0.1) is 6.61 Å². The van der Waals surface area contributed by atoms with Crippen LogP contribution in [-0.2, 0) is 25.2 Å². The first kappa shape index (κ1) is 18.2. The summed E-state index contributed by atoms with van der Waals surface area (Å²) in [5.74, 6) is -0.906. The van der Waals surface area contributed by atoms with Crippen molar-refractivity contribution >= 4 is 13.6 Å². The highest BCUT2D eigenvalue weighted by Crippen LogP contribution is 2.49. The smallest absolute Gasteiger partial charge is 0.405 e. The molecule has 7 heteroatoms. The number of rotatable bonds is 9. The predicted molar refractivity (Wildman–Crippen MR) is 89.0 cm³/mol. The lowest BCUT2D eigenvalue weighted by Gasteiger charge is -2.21. The zero-order valence-corrected chi connectivity index (χ0v) is 14.1. The molecule has 2 rings (SSSR count). The van der Waals surface area contributed by atoms with Gasteiger partial charge in [-0.1, -0.05) is 48.5 Å². The fourth-order valence-electron chi connectivity index (χ4n) is 1.86. The molecule has 2 unspecified atom stereocenters. The first-order chi connectivity index (χ1) is 11.5. The molecule has 0 aliphatic rings. The van der Waals surface area contributed by atoms with Crippen molar-refractivity contribution in [2.75, 3.05) is 6.35 Å². The summed E-state index contributed by atoms with van der Waals surface area (Å²) in [4.78, 5) is 11.0. The largest absolute Gasteiger partial charge is 0.479 e. The van der Waals surface area contributed by atoms with Crippen LogP contribution in [0.1, 0.15) is 12.5 Å². The average molecular weight is 350 g/mol. The quantitative estimate of drug-likeness (QED) is 0.690. The van der Waals surface area contributed by atoms with Gasteiger partial charge in [0.2, 0.25) is 0 Å². The Morgan fingerprint density at radius 3 is 2.25 bits per heavy atom. The molecule has 0 aromatic heterocycles.